The first-order chi connectivity index (χ1) is 6.99. The van der Waals surface area contributed by atoms with Gasteiger partial charge < -0.3 is 10.8 Å². The Morgan fingerprint density at radius 1 is 1.60 bits per heavy atom. The highest BCUT2D eigenvalue weighted by Crippen LogP contribution is 2.11. The van der Waals surface area contributed by atoms with E-state index in [-0.39, 0.29) is 11.4 Å². The molecule has 0 aliphatic rings. The maximum Gasteiger partial charge on any atom is 0.341 e. The van der Waals surface area contributed by atoms with Crippen LogP contribution in [-0.4, -0.2) is 15.6 Å². The van der Waals surface area contributed by atoms with Crippen molar-refractivity contribution in [3.8, 4) is 0 Å². The zero-order valence-electron chi connectivity index (χ0n) is 8.78. The number of carbonyl (C=O) groups is 1. The number of nitrogens with two attached hydrogens (primary N) is 1. The van der Waals surface area contributed by atoms with Crippen LogP contribution in [0.1, 0.15) is 29.3 Å². The maximum absolute atomic E-state index is 11.6. The fourth-order valence-electron chi connectivity index (χ4n) is 1.47. The Morgan fingerprint density at radius 3 is 2.67 bits per heavy atom. The van der Waals surface area contributed by atoms with E-state index in [1.54, 1.807) is 6.07 Å². The number of nitrogens with zero attached hydrogens (tertiary/aromatic N) is 1. The number of pyridine rings is 1. The van der Waals surface area contributed by atoms with Crippen LogP contribution in [0.3, 0.4) is 0 Å². The van der Waals surface area contributed by atoms with Gasteiger partial charge in [0.1, 0.15) is 11.4 Å². The van der Waals surface area contributed by atoms with Crippen LogP contribution in [-0.2, 0) is 13.5 Å². The lowest BCUT2D eigenvalue weighted by Crippen LogP contribution is -2.28. The average Bonchev–Trinajstić information content (AvgIpc) is 2.14. The molecule has 1 aromatic heterocycles. The summed E-state index contributed by atoms with van der Waals surface area (Å²) < 4.78 is 1.14. The van der Waals surface area contributed by atoms with Crippen molar-refractivity contribution in [3.05, 3.63) is 27.5 Å². The number of aromatic nitrogens is 1. The maximum atomic E-state index is 11.6. The van der Waals surface area contributed by atoms with Crippen molar-refractivity contribution < 1.29 is 9.90 Å². The summed E-state index contributed by atoms with van der Waals surface area (Å²) in [6.07, 6.45) is 1.31. The van der Waals surface area contributed by atoms with Gasteiger partial charge in [-0.25, -0.2) is 4.79 Å². The van der Waals surface area contributed by atoms with E-state index < -0.39 is 11.5 Å². The largest absolute Gasteiger partial charge is 0.477 e. The normalized spacial score (nSPS) is 10.3. The molecule has 15 heavy (non-hydrogen) atoms. The smallest absolute Gasteiger partial charge is 0.341 e. The zero-order valence-corrected chi connectivity index (χ0v) is 8.78. The van der Waals surface area contributed by atoms with Gasteiger partial charge in [-0.1, -0.05) is 13.3 Å². The summed E-state index contributed by atoms with van der Waals surface area (Å²) in [5.74, 6) is -0.910. The van der Waals surface area contributed by atoms with E-state index in [4.69, 9.17) is 10.8 Å². The molecule has 0 spiro atoms. The third-order valence-corrected chi connectivity index (χ3v) is 2.28. The fourth-order valence-corrected chi connectivity index (χ4v) is 1.47. The highest BCUT2D eigenvalue weighted by molar-refractivity contribution is 5.89. The minimum absolute atomic E-state index is 0.173. The van der Waals surface area contributed by atoms with Gasteiger partial charge in [-0.3, -0.25) is 9.36 Å². The number of carboxylic acid groups (broad SMARTS) is 1. The predicted molar refractivity (Wildman–Crippen MR) is 57.0 cm³/mol. The molecule has 0 aromatic carbocycles. The average molecular weight is 210 g/mol. The summed E-state index contributed by atoms with van der Waals surface area (Å²) in [6, 6.07) is 1.55. The molecule has 0 aliphatic heterocycles. The van der Waals surface area contributed by atoms with Crippen LogP contribution in [0.4, 0.5) is 5.82 Å². The number of anilines is 1. The number of nitrogen functional groups attached to an aromatic ring is 1. The monoisotopic (exact) mass is 210 g/mol. The zero-order chi connectivity index (χ0) is 11.6. The Bertz CT molecular complexity index is 449. The van der Waals surface area contributed by atoms with Gasteiger partial charge in [-0.15, -0.1) is 0 Å². The van der Waals surface area contributed by atoms with Crippen LogP contribution >= 0.6 is 0 Å². The number of hydrogen-bond donors (Lipinski definition) is 2. The van der Waals surface area contributed by atoms with Crippen LogP contribution in [0.2, 0.25) is 0 Å². The molecule has 0 fully saturated rings. The SMILES string of the molecule is CCCc1cc(N)n(C)c(=O)c1C(=O)O. The molecule has 3 N–H and O–H groups in total. The molecule has 82 valence electrons. The Labute approximate surface area is 87.1 Å². The molecular formula is C10H14N2O3. The highest BCUT2D eigenvalue weighted by Gasteiger charge is 2.16. The second kappa shape index (κ2) is 4.16. The number of rotatable bonds is 3. The molecule has 0 atom stereocenters. The van der Waals surface area contributed by atoms with Gasteiger partial charge in [-0.05, 0) is 18.1 Å². The quantitative estimate of drug-likeness (QED) is 0.765. The van der Waals surface area contributed by atoms with E-state index in [9.17, 15) is 9.59 Å². The van der Waals surface area contributed by atoms with Gasteiger partial charge in [0.15, 0.2) is 0 Å². The van der Waals surface area contributed by atoms with Gasteiger partial charge in [0, 0.05) is 7.05 Å². The molecule has 5 nitrogen and oxygen atoms in total. The standard InChI is InChI=1S/C10H14N2O3/c1-3-4-6-5-7(11)12(2)9(13)8(6)10(14)15/h5H,3-4,11H2,1-2H3,(H,14,15). The third kappa shape index (κ3) is 2.01. The summed E-state index contributed by atoms with van der Waals surface area (Å²) in [7, 11) is 1.46. The second-order valence-corrected chi connectivity index (χ2v) is 3.39. The van der Waals surface area contributed by atoms with Crippen LogP contribution < -0.4 is 11.3 Å². The lowest BCUT2D eigenvalue weighted by Gasteiger charge is -2.09. The molecule has 0 bridgehead atoms. The molecule has 0 saturated heterocycles. The molecule has 0 radical (unpaired) electrons. The number of hydrogen-bond acceptors (Lipinski definition) is 3. The predicted octanol–water partition coefficient (Wildman–Crippen LogP) is 0.618. The van der Waals surface area contributed by atoms with Gasteiger partial charge in [0.25, 0.3) is 5.56 Å². The molecule has 1 aromatic rings. The van der Waals surface area contributed by atoms with Gasteiger partial charge in [-0.2, -0.15) is 0 Å². The van der Waals surface area contributed by atoms with Gasteiger partial charge in [0.05, 0.1) is 0 Å². The van der Waals surface area contributed by atoms with Crippen LogP contribution in [0.15, 0.2) is 10.9 Å². The van der Waals surface area contributed by atoms with Crippen molar-refractivity contribution in [2.75, 3.05) is 5.73 Å². The number of carboxylic acids is 1. The van der Waals surface area contributed by atoms with Crippen molar-refractivity contribution in [1.29, 1.82) is 0 Å². The summed E-state index contributed by atoms with van der Waals surface area (Å²) >= 11 is 0. The molecule has 0 amide bonds. The second-order valence-electron chi connectivity index (χ2n) is 3.39. The molecule has 0 saturated carbocycles. The number of aromatic carboxylic acids is 1. The van der Waals surface area contributed by atoms with Crippen LogP contribution in [0, 0.1) is 0 Å². The highest BCUT2D eigenvalue weighted by atomic mass is 16.4. The van der Waals surface area contributed by atoms with E-state index >= 15 is 0 Å². The Balaban J connectivity index is 3.51. The van der Waals surface area contributed by atoms with E-state index in [0.29, 0.717) is 12.0 Å². The minimum atomic E-state index is -1.20. The molecular weight excluding hydrogens is 196 g/mol. The molecule has 1 rings (SSSR count). The topological polar surface area (TPSA) is 85.3 Å². The Morgan fingerprint density at radius 2 is 2.20 bits per heavy atom. The van der Waals surface area contributed by atoms with Crippen molar-refractivity contribution in [2.24, 2.45) is 7.05 Å². The first-order valence-corrected chi connectivity index (χ1v) is 4.70. The summed E-state index contributed by atoms with van der Waals surface area (Å²) in [6.45, 7) is 1.92. The number of aryl methyl sites for hydroxylation is 1. The van der Waals surface area contributed by atoms with Crippen molar-refractivity contribution in [1.82, 2.24) is 4.57 Å². The van der Waals surface area contributed by atoms with E-state index in [0.717, 1.165) is 11.0 Å². The first kappa shape index (κ1) is 11.3. The van der Waals surface area contributed by atoms with Crippen LogP contribution in [0.5, 0.6) is 0 Å². The lowest BCUT2D eigenvalue weighted by atomic mass is 10.1. The summed E-state index contributed by atoms with van der Waals surface area (Å²) in [5.41, 5.74) is 5.37. The van der Waals surface area contributed by atoms with Crippen molar-refractivity contribution in [3.63, 3.8) is 0 Å². The van der Waals surface area contributed by atoms with Gasteiger partial charge in [0.2, 0.25) is 0 Å². The minimum Gasteiger partial charge on any atom is -0.477 e. The van der Waals surface area contributed by atoms with Gasteiger partial charge >= 0.3 is 5.97 Å². The third-order valence-electron chi connectivity index (χ3n) is 2.28. The Hall–Kier alpha value is -1.78. The first-order valence-electron chi connectivity index (χ1n) is 4.70. The van der Waals surface area contributed by atoms with E-state index in [2.05, 4.69) is 0 Å². The molecule has 0 aliphatic carbocycles. The lowest BCUT2D eigenvalue weighted by molar-refractivity contribution is 0.0693. The van der Waals surface area contributed by atoms with Crippen molar-refractivity contribution >= 4 is 11.8 Å². The molecule has 0 unspecified atom stereocenters. The van der Waals surface area contributed by atoms with Crippen molar-refractivity contribution in [2.45, 2.75) is 19.8 Å². The van der Waals surface area contributed by atoms with E-state index in [1.807, 2.05) is 6.92 Å². The molecule has 5 heteroatoms. The van der Waals surface area contributed by atoms with Crippen LogP contribution in [0.25, 0.3) is 0 Å². The van der Waals surface area contributed by atoms with E-state index in [1.165, 1.54) is 7.05 Å². The molecule has 1 heterocycles. The summed E-state index contributed by atoms with van der Waals surface area (Å²) in [5, 5.41) is 8.93. The fraction of sp³-hybridized carbons (Fsp3) is 0.400. The Kier molecular flexibility index (Phi) is 3.14. The summed E-state index contributed by atoms with van der Waals surface area (Å²) in [4.78, 5) is 22.6.